The van der Waals surface area contributed by atoms with Crippen molar-refractivity contribution in [3.8, 4) is 11.5 Å². The molecule has 0 fully saturated rings. The van der Waals surface area contributed by atoms with E-state index in [-0.39, 0.29) is 6.03 Å². The molecule has 0 aliphatic rings. The number of carbonyl (C=O) groups is 1. The van der Waals surface area contributed by atoms with Crippen molar-refractivity contribution in [3.05, 3.63) is 61.2 Å². The number of rotatable bonds is 13. The first-order valence-electron chi connectivity index (χ1n) is 10.7. The Morgan fingerprint density at radius 3 is 2.26 bits per heavy atom. The van der Waals surface area contributed by atoms with Crippen LogP contribution in [0.2, 0.25) is 0 Å². The lowest BCUT2D eigenvalue weighted by atomic mass is 10.2. The number of methoxy groups -OCH3 is 1. The van der Waals surface area contributed by atoms with Gasteiger partial charge in [-0.3, -0.25) is 4.90 Å². The smallest absolute Gasteiger partial charge is 0.326 e. The second-order valence-corrected chi connectivity index (χ2v) is 7.53. The van der Waals surface area contributed by atoms with Crippen molar-refractivity contribution >= 4 is 17.4 Å². The van der Waals surface area contributed by atoms with Gasteiger partial charge < -0.3 is 19.7 Å². The fourth-order valence-corrected chi connectivity index (χ4v) is 3.10. The van der Waals surface area contributed by atoms with Gasteiger partial charge >= 0.3 is 6.03 Å². The number of hydrogen-bond donors (Lipinski definition) is 1. The largest absolute Gasteiger partial charge is 0.497 e. The van der Waals surface area contributed by atoms with E-state index in [4.69, 9.17) is 9.47 Å². The Morgan fingerprint density at radius 2 is 1.61 bits per heavy atom. The molecule has 168 valence electrons. The summed E-state index contributed by atoms with van der Waals surface area (Å²) in [7, 11) is 5.47. The molecule has 31 heavy (non-hydrogen) atoms. The normalized spacial score (nSPS) is 10.6. The number of benzene rings is 2. The standard InChI is InChI=1S/C25H35N3O3/c1-5-18-27(2)19-8-6-7-9-20-31-24-16-12-22(13-17-24)28(3)25(29)26-21-10-14-23(30-4)15-11-21/h5,10-17H,1,6-9,18-20H2,2-4H3,(H,26,29). The fraction of sp³-hybridized carbons (Fsp3) is 0.400. The van der Waals surface area contributed by atoms with E-state index in [1.54, 1.807) is 31.2 Å². The number of likely N-dealkylation sites (N-methyl/N-ethyl adjacent to an activating group) is 1. The summed E-state index contributed by atoms with van der Waals surface area (Å²) in [6.07, 6.45) is 6.54. The highest BCUT2D eigenvalue weighted by Crippen LogP contribution is 2.21. The van der Waals surface area contributed by atoms with Crippen molar-refractivity contribution in [2.24, 2.45) is 0 Å². The molecule has 2 amide bonds. The van der Waals surface area contributed by atoms with E-state index in [2.05, 4.69) is 23.8 Å². The molecule has 0 saturated carbocycles. The molecule has 0 saturated heterocycles. The van der Waals surface area contributed by atoms with E-state index in [1.807, 2.05) is 42.5 Å². The minimum atomic E-state index is -0.211. The minimum Gasteiger partial charge on any atom is -0.497 e. The summed E-state index contributed by atoms with van der Waals surface area (Å²) >= 11 is 0. The Labute approximate surface area is 186 Å². The second kappa shape index (κ2) is 13.3. The van der Waals surface area contributed by atoms with Crippen LogP contribution in [0.25, 0.3) is 0 Å². The highest BCUT2D eigenvalue weighted by atomic mass is 16.5. The summed E-state index contributed by atoms with van der Waals surface area (Å²) in [5.41, 5.74) is 1.51. The molecule has 0 aliphatic carbocycles. The van der Waals surface area contributed by atoms with Crippen LogP contribution < -0.4 is 19.7 Å². The van der Waals surface area contributed by atoms with E-state index in [0.29, 0.717) is 12.3 Å². The molecule has 2 rings (SSSR count). The van der Waals surface area contributed by atoms with E-state index in [9.17, 15) is 4.79 Å². The predicted octanol–water partition coefficient (Wildman–Crippen LogP) is 5.42. The van der Waals surface area contributed by atoms with E-state index in [0.717, 1.165) is 43.1 Å². The third-order valence-electron chi connectivity index (χ3n) is 5.01. The van der Waals surface area contributed by atoms with Gasteiger partial charge in [-0.2, -0.15) is 0 Å². The number of hydrogen-bond acceptors (Lipinski definition) is 4. The molecular weight excluding hydrogens is 390 g/mol. The van der Waals surface area contributed by atoms with Gasteiger partial charge in [-0.05, 0) is 75.0 Å². The van der Waals surface area contributed by atoms with Gasteiger partial charge in [-0.25, -0.2) is 4.79 Å². The zero-order valence-corrected chi connectivity index (χ0v) is 19.0. The maximum absolute atomic E-state index is 12.5. The topological polar surface area (TPSA) is 54.0 Å². The van der Waals surface area contributed by atoms with Crippen LogP contribution >= 0.6 is 0 Å². The first kappa shape index (κ1) is 24.3. The van der Waals surface area contributed by atoms with Gasteiger partial charge in [-0.15, -0.1) is 6.58 Å². The average molecular weight is 426 g/mol. The quantitative estimate of drug-likeness (QED) is 0.344. The SMILES string of the molecule is C=CCN(C)CCCCCCOc1ccc(N(C)C(=O)Nc2ccc(OC)cc2)cc1. The van der Waals surface area contributed by atoms with Crippen molar-refractivity contribution in [1.29, 1.82) is 0 Å². The van der Waals surface area contributed by atoms with Crippen molar-refractivity contribution in [2.45, 2.75) is 25.7 Å². The monoisotopic (exact) mass is 425 g/mol. The predicted molar refractivity (Wildman–Crippen MR) is 129 cm³/mol. The first-order valence-corrected chi connectivity index (χ1v) is 10.7. The third-order valence-corrected chi connectivity index (χ3v) is 5.01. The molecular formula is C25H35N3O3. The van der Waals surface area contributed by atoms with Gasteiger partial charge in [0.2, 0.25) is 0 Å². The van der Waals surface area contributed by atoms with Gasteiger partial charge in [0.1, 0.15) is 11.5 Å². The molecule has 0 spiro atoms. The Hall–Kier alpha value is -2.99. The van der Waals surface area contributed by atoms with E-state index >= 15 is 0 Å². The Kier molecular flexibility index (Phi) is 10.4. The highest BCUT2D eigenvalue weighted by Gasteiger charge is 2.11. The van der Waals surface area contributed by atoms with Gasteiger partial charge in [0.15, 0.2) is 0 Å². The number of amides is 2. The number of unbranched alkanes of at least 4 members (excludes halogenated alkanes) is 3. The van der Waals surface area contributed by atoms with Crippen LogP contribution in [-0.4, -0.2) is 51.8 Å². The number of carbonyl (C=O) groups excluding carboxylic acids is 1. The molecule has 2 aromatic rings. The van der Waals surface area contributed by atoms with Crippen LogP contribution in [0.4, 0.5) is 16.2 Å². The lowest BCUT2D eigenvalue weighted by molar-refractivity contribution is 0.258. The number of nitrogens with one attached hydrogen (secondary N) is 1. The lowest BCUT2D eigenvalue weighted by Gasteiger charge is -2.18. The van der Waals surface area contributed by atoms with E-state index in [1.165, 1.54) is 12.8 Å². The third kappa shape index (κ3) is 8.72. The molecule has 0 bridgehead atoms. The van der Waals surface area contributed by atoms with Gasteiger partial charge in [-0.1, -0.05) is 18.9 Å². The maximum Gasteiger partial charge on any atom is 0.326 e. The number of anilines is 2. The van der Waals surface area contributed by atoms with Crippen LogP contribution in [-0.2, 0) is 0 Å². The summed E-state index contributed by atoms with van der Waals surface area (Å²) in [4.78, 5) is 16.3. The van der Waals surface area contributed by atoms with Crippen LogP contribution in [0.15, 0.2) is 61.2 Å². The first-order chi connectivity index (χ1) is 15.0. The molecule has 0 unspecified atom stereocenters. The van der Waals surface area contributed by atoms with Crippen molar-refractivity contribution in [1.82, 2.24) is 4.90 Å². The van der Waals surface area contributed by atoms with Crippen LogP contribution in [0, 0.1) is 0 Å². The summed E-state index contributed by atoms with van der Waals surface area (Å²) < 4.78 is 11.0. The zero-order chi connectivity index (χ0) is 22.5. The fourth-order valence-electron chi connectivity index (χ4n) is 3.10. The summed E-state index contributed by atoms with van der Waals surface area (Å²) in [5, 5.41) is 2.87. The van der Waals surface area contributed by atoms with Crippen molar-refractivity contribution in [3.63, 3.8) is 0 Å². The second-order valence-electron chi connectivity index (χ2n) is 7.53. The lowest BCUT2D eigenvalue weighted by Crippen LogP contribution is -2.31. The van der Waals surface area contributed by atoms with E-state index < -0.39 is 0 Å². The van der Waals surface area contributed by atoms with Crippen molar-refractivity contribution < 1.29 is 14.3 Å². The van der Waals surface area contributed by atoms with Crippen molar-refractivity contribution in [2.75, 3.05) is 51.1 Å². The number of nitrogens with zero attached hydrogens (tertiary/aromatic N) is 2. The molecule has 0 aliphatic heterocycles. The Balaban J connectivity index is 1.69. The summed E-state index contributed by atoms with van der Waals surface area (Å²) in [6.45, 7) is 6.51. The van der Waals surface area contributed by atoms with Crippen LogP contribution in [0.1, 0.15) is 25.7 Å². The summed E-state index contributed by atoms with van der Waals surface area (Å²) in [6, 6.07) is 14.6. The molecule has 0 radical (unpaired) electrons. The molecule has 6 nitrogen and oxygen atoms in total. The minimum absolute atomic E-state index is 0.211. The maximum atomic E-state index is 12.5. The Morgan fingerprint density at radius 1 is 0.968 bits per heavy atom. The van der Waals surface area contributed by atoms with Gasteiger partial charge in [0.25, 0.3) is 0 Å². The number of urea groups is 1. The van der Waals surface area contributed by atoms with Gasteiger partial charge in [0.05, 0.1) is 13.7 Å². The Bertz CT molecular complexity index is 791. The molecule has 1 N–H and O–H groups in total. The molecule has 6 heteroatoms. The molecule has 0 heterocycles. The summed E-state index contributed by atoms with van der Waals surface area (Å²) in [5.74, 6) is 1.57. The zero-order valence-electron chi connectivity index (χ0n) is 19.0. The van der Waals surface area contributed by atoms with Crippen LogP contribution in [0.5, 0.6) is 11.5 Å². The average Bonchev–Trinajstić information content (AvgIpc) is 2.79. The molecule has 0 aromatic heterocycles. The molecule has 0 atom stereocenters. The highest BCUT2D eigenvalue weighted by molar-refractivity contribution is 6.01. The number of ether oxygens (including phenoxy) is 2. The van der Waals surface area contributed by atoms with Gasteiger partial charge in [0, 0.05) is 25.0 Å². The molecule has 2 aromatic carbocycles. The van der Waals surface area contributed by atoms with Crippen LogP contribution in [0.3, 0.4) is 0 Å².